The van der Waals surface area contributed by atoms with Gasteiger partial charge in [-0.1, -0.05) is 0 Å². The van der Waals surface area contributed by atoms with Gasteiger partial charge in [-0.25, -0.2) is 13.8 Å². The van der Waals surface area contributed by atoms with Gasteiger partial charge >= 0.3 is 0 Å². The normalized spacial score (nSPS) is 12.7. The topological polar surface area (TPSA) is 24.9 Å². The maximum absolute atomic E-state index is 13.0. The predicted octanol–water partition coefficient (Wildman–Crippen LogP) is 3.58. The van der Waals surface area contributed by atoms with E-state index in [1.165, 1.54) is 12.1 Å². The minimum Gasteiger partial charge on any atom is -0.304 e. The van der Waals surface area contributed by atoms with E-state index >= 15 is 0 Å². The van der Waals surface area contributed by atoms with E-state index in [4.69, 9.17) is 0 Å². The lowest BCUT2D eigenvalue weighted by Gasteiger charge is -2.11. The van der Waals surface area contributed by atoms with Gasteiger partial charge in [0.2, 0.25) is 0 Å². The second-order valence-corrected chi connectivity index (χ2v) is 5.46. The fraction of sp³-hybridized carbons (Fsp3) is 0.308. The van der Waals surface area contributed by atoms with Crippen LogP contribution in [0.25, 0.3) is 0 Å². The van der Waals surface area contributed by atoms with Gasteiger partial charge in [-0.15, -0.1) is 11.3 Å². The number of benzene rings is 1. The van der Waals surface area contributed by atoms with Crippen LogP contribution >= 0.6 is 11.3 Å². The van der Waals surface area contributed by atoms with Crippen LogP contribution < -0.4 is 5.32 Å². The van der Waals surface area contributed by atoms with E-state index in [0.29, 0.717) is 12.1 Å². The van der Waals surface area contributed by atoms with E-state index in [0.717, 1.165) is 16.0 Å². The number of rotatable bonds is 4. The summed E-state index contributed by atoms with van der Waals surface area (Å²) < 4.78 is 26.0. The van der Waals surface area contributed by atoms with Crippen molar-refractivity contribution in [2.75, 3.05) is 0 Å². The van der Waals surface area contributed by atoms with Crippen LogP contribution in [0.5, 0.6) is 0 Å². The van der Waals surface area contributed by atoms with Gasteiger partial charge in [0.05, 0.1) is 6.04 Å². The summed E-state index contributed by atoms with van der Waals surface area (Å²) in [6, 6.07) is 3.60. The minimum atomic E-state index is -0.551. The summed E-state index contributed by atoms with van der Waals surface area (Å²) in [6.45, 7) is 4.39. The van der Waals surface area contributed by atoms with Gasteiger partial charge in [-0.2, -0.15) is 0 Å². The number of halogens is 2. The van der Waals surface area contributed by atoms with Gasteiger partial charge in [-0.3, -0.25) is 0 Å². The second-order valence-electron chi connectivity index (χ2n) is 4.19. The monoisotopic (exact) mass is 268 g/mol. The van der Waals surface area contributed by atoms with Gasteiger partial charge in [0.1, 0.15) is 16.6 Å². The third-order valence-electron chi connectivity index (χ3n) is 2.54. The molecule has 2 aromatic rings. The molecule has 0 spiro atoms. The molecule has 0 aliphatic carbocycles. The Bertz CT molecular complexity index is 519. The van der Waals surface area contributed by atoms with E-state index in [9.17, 15) is 8.78 Å². The molecule has 0 amide bonds. The number of hydrogen-bond acceptors (Lipinski definition) is 3. The highest BCUT2D eigenvalue weighted by Crippen LogP contribution is 2.19. The molecule has 0 radical (unpaired) electrons. The van der Waals surface area contributed by atoms with Crippen LogP contribution in [-0.4, -0.2) is 4.98 Å². The Hall–Kier alpha value is -1.33. The van der Waals surface area contributed by atoms with Crippen molar-refractivity contribution in [1.82, 2.24) is 10.3 Å². The van der Waals surface area contributed by atoms with Crippen molar-refractivity contribution in [3.63, 3.8) is 0 Å². The third kappa shape index (κ3) is 3.34. The molecule has 1 N–H and O–H groups in total. The first kappa shape index (κ1) is 13.1. The van der Waals surface area contributed by atoms with E-state index in [-0.39, 0.29) is 6.04 Å². The fourth-order valence-electron chi connectivity index (χ4n) is 1.64. The van der Waals surface area contributed by atoms with Crippen molar-refractivity contribution < 1.29 is 8.78 Å². The third-order valence-corrected chi connectivity index (χ3v) is 3.64. The average molecular weight is 268 g/mol. The average Bonchev–Trinajstić information content (AvgIpc) is 2.71. The Kier molecular flexibility index (Phi) is 4.04. The molecule has 0 saturated heterocycles. The Morgan fingerprint density at radius 2 is 1.94 bits per heavy atom. The van der Waals surface area contributed by atoms with E-state index in [1.54, 1.807) is 11.3 Å². The first-order valence-electron chi connectivity index (χ1n) is 5.65. The van der Waals surface area contributed by atoms with Crippen molar-refractivity contribution in [2.24, 2.45) is 0 Å². The molecule has 0 aliphatic heterocycles. The van der Waals surface area contributed by atoms with Crippen LogP contribution in [0, 0.1) is 18.6 Å². The molecule has 0 bridgehead atoms. The molecule has 1 heterocycles. The molecule has 0 fully saturated rings. The van der Waals surface area contributed by atoms with Crippen LogP contribution in [0.1, 0.15) is 28.4 Å². The molecule has 2 rings (SSSR count). The summed E-state index contributed by atoms with van der Waals surface area (Å²) in [7, 11) is 0. The summed E-state index contributed by atoms with van der Waals surface area (Å²) in [5.41, 5.74) is 0.590. The van der Waals surface area contributed by atoms with Crippen LogP contribution in [0.3, 0.4) is 0 Å². The van der Waals surface area contributed by atoms with Crippen molar-refractivity contribution in [3.05, 3.63) is 51.5 Å². The highest BCUT2D eigenvalue weighted by Gasteiger charge is 2.09. The summed E-state index contributed by atoms with van der Waals surface area (Å²) in [4.78, 5) is 5.42. The van der Waals surface area contributed by atoms with Crippen molar-refractivity contribution >= 4 is 11.3 Å². The molecule has 18 heavy (non-hydrogen) atoms. The zero-order valence-electron chi connectivity index (χ0n) is 10.2. The summed E-state index contributed by atoms with van der Waals surface area (Å²) in [6.07, 6.45) is 1.82. The lowest BCUT2D eigenvalue weighted by Crippen LogP contribution is -2.18. The van der Waals surface area contributed by atoms with Crippen molar-refractivity contribution in [1.29, 1.82) is 0 Å². The quantitative estimate of drug-likeness (QED) is 0.916. The molecule has 0 aliphatic rings. The summed E-state index contributed by atoms with van der Waals surface area (Å²) in [5, 5.41) is 4.17. The SMILES string of the molecule is Cc1cnc(C(C)NCc2cc(F)cc(F)c2)s1. The minimum absolute atomic E-state index is 0.0648. The van der Waals surface area contributed by atoms with E-state index in [2.05, 4.69) is 10.3 Å². The first-order chi connectivity index (χ1) is 8.54. The molecule has 1 aromatic heterocycles. The number of aryl methyl sites for hydroxylation is 1. The Balaban J connectivity index is 1.99. The molecule has 96 valence electrons. The highest BCUT2D eigenvalue weighted by atomic mass is 32.1. The highest BCUT2D eigenvalue weighted by molar-refractivity contribution is 7.11. The zero-order valence-corrected chi connectivity index (χ0v) is 11.0. The maximum Gasteiger partial charge on any atom is 0.126 e. The molecular formula is C13H14F2N2S. The van der Waals surface area contributed by atoms with Crippen LogP contribution in [0.15, 0.2) is 24.4 Å². The Labute approximate surface area is 109 Å². The fourth-order valence-corrected chi connectivity index (χ4v) is 2.44. The predicted molar refractivity (Wildman–Crippen MR) is 68.5 cm³/mol. The Morgan fingerprint density at radius 3 is 2.50 bits per heavy atom. The molecule has 2 nitrogen and oxygen atoms in total. The van der Waals surface area contributed by atoms with Crippen molar-refractivity contribution in [3.8, 4) is 0 Å². The van der Waals surface area contributed by atoms with Crippen LogP contribution in [0.4, 0.5) is 8.78 Å². The maximum atomic E-state index is 13.0. The van der Waals surface area contributed by atoms with Crippen LogP contribution in [0.2, 0.25) is 0 Å². The number of nitrogens with zero attached hydrogens (tertiary/aromatic N) is 1. The van der Waals surface area contributed by atoms with Crippen molar-refractivity contribution in [2.45, 2.75) is 26.4 Å². The van der Waals surface area contributed by atoms with Gasteiger partial charge in [0, 0.05) is 23.7 Å². The van der Waals surface area contributed by atoms with Gasteiger partial charge < -0.3 is 5.32 Å². The smallest absolute Gasteiger partial charge is 0.126 e. The molecular weight excluding hydrogens is 254 g/mol. The summed E-state index contributed by atoms with van der Waals surface area (Å²) >= 11 is 1.62. The standard InChI is InChI=1S/C13H14F2N2S/c1-8-6-17-13(18-8)9(2)16-7-10-3-11(14)5-12(15)4-10/h3-6,9,16H,7H2,1-2H3. The number of hydrogen-bond donors (Lipinski definition) is 1. The lowest BCUT2D eigenvalue weighted by atomic mass is 10.2. The first-order valence-corrected chi connectivity index (χ1v) is 6.47. The second kappa shape index (κ2) is 5.54. The van der Waals surface area contributed by atoms with Crippen LogP contribution in [-0.2, 0) is 6.54 Å². The zero-order chi connectivity index (χ0) is 13.1. The molecule has 1 atom stereocenters. The molecule has 1 aromatic carbocycles. The van der Waals surface area contributed by atoms with Gasteiger partial charge in [-0.05, 0) is 31.5 Å². The largest absolute Gasteiger partial charge is 0.304 e. The molecule has 5 heteroatoms. The molecule has 0 saturated carbocycles. The lowest BCUT2D eigenvalue weighted by molar-refractivity contribution is 0.553. The summed E-state index contributed by atoms with van der Waals surface area (Å²) in [5.74, 6) is -1.10. The number of aromatic nitrogens is 1. The van der Waals surface area contributed by atoms with E-state index in [1.807, 2.05) is 20.0 Å². The Morgan fingerprint density at radius 1 is 1.28 bits per heavy atom. The van der Waals surface area contributed by atoms with E-state index < -0.39 is 11.6 Å². The number of nitrogens with one attached hydrogen (secondary N) is 1. The van der Waals surface area contributed by atoms with Gasteiger partial charge in [0.15, 0.2) is 0 Å². The number of thiazole rings is 1. The molecule has 1 unspecified atom stereocenters. The van der Waals surface area contributed by atoms with Gasteiger partial charge in [0.25, 0.3) is 0 Å².